The first-order valence-corrected chi connectivity index (χ1v) is 8.13. The highest BCUT2D eigenvalue weighted by molar-refractivity contribution is 5.45. The quantitative estimate of drug-likeness (QED) is 0.754. The summed E-state index contributed by atoms with van der Waals surface area (Å²) in [5, 5.41) is 23.8. The highest BCUT2D eigenvalue weighted by atomic mass is 16.3. The first-order valence-electron chi connectivity index (χ1n) is 8.13. The molecule has 4 nitrogen and oxygen atoms in total. The molecule has 1 aromatic rings. The molecule has 21 heavy (non-hydrogen) atoms. The van der Waals surface area contributed by atoms with Gasteiger partial charge in [0.1, 0.15) is 11.5 Å². The molecule has 1 saturated carbocycles. The molecule has 2 aliphatic rings. The molecule has 0 spiro atoms. The molecule has 0 amide bonds. The van der Waals surface area contributed by atoms with Crippen LogP contribution in [0, 0.1) is 5.92 Å². The number of aromatic hydroxyl groups is 2. The Morgan fingerprint density at radius 1 is 1.19 bits per heavy atom. The number of rotatable bonds is 6. The van der Waals surface area contributed by atoms with Crippen LogP contribution < -0.4 is 5.32 Å². The molecule has 1 saturated heterocycles. The second kappa shape index (κ2) is 6.24. The maximum atomic E-state index is 10.1. The van der Waals surface area contributed by atoms with Gasteiger partial charge in [0.25, 0.3) is 0 Å². The highest BCUT2D eigenvalue weighted by Gasteiger charge is 2.31. The van der Waals surface area contributed by atoms with Crippen LogP contribution in [-0.2, 0) is 0 Å². The van der Waals surface area contributed by atoms with Crippen LogP contribution in [0.25, 0.3) is 0 Å². The highest BCUT2D eigenvalue weighted by Crippen LogP contribution is 2.38. The van der Waals surface area contributed by atoms with Crippen molar-refractivity contribution in [3.8, 4) is 11.5 Å². The van der Waals surface area contributed by atoms with Crippen molar-refractivity contribution in [1.29, 1.82) is 0 Å². The lowest BCUT2D eigenvalue weighted by Crippen LogP contribution is -2.40. The molecular formula is C17H26N2O2. The lowest BCUT2D eigenvalue weighted by Gasteiger charge is -2.32. The lowest BCUT2D eigenvalue weighted by molar-refractivity contribution is 0.179. The molecule has 0 radical (unpaired) electrons. The van der Waals surface area contributed by atoms with E-state index in [2.05, 4.69) is 17.1 Å². The second-order valence-electron chi connectivity index (χ2n) is 6.58. The second-order valence-corrected chi connectivity index (χ2v) is 6.58. The monoisotopic (exact) mass is 290 g/mol. The molecular weight excluding hydrogens is 264 g/mol. The molecule has 4 heteroatoms. The summed E-state index contributed by atoms with van der Waals surface area (Å²) in [6.45, 7) is 5.25. The fraction of sp³-hybridized carbons (Fsp3) is 0.647. The maximum absolute atomic E-state index is 10.1. The zero-order valence-electron chi connectivity index (χ0n) is 12.8. The van der Waals surface area contributed by atoms with Crippen LogP contribution in [0.15, 0.2) is 18.2 Å². The van der Waals surface area contributed by atoms with Gasteiger partial charge in [0.05, 0.1) is 5.56 Å². The minimum Gasteiger partial charge on any atom is -0.507 e. The molecule has 1 aliphatic heterocycles. The van der Waals surface area contributed by atoms with Gasteiger partial charge in [-0.3, -0.25) is 4.90 Å². The van der Waals surface area contributed by atoms with Gasteiger partial charge >= 0.3 is 0 Å². The van der Waals surface area contributed by atoms with Gasteiger partial charge in [0.2, 0.25) is 0 Å². The van der Waals surface area contributed by atoms with Crippen LogP contribution in [0.1, 0.15) is 44.2 Å². The SMILES string of the molecule is CC(c1c(O)cccc1O)N(CC1CC1)CC1CCCN1. The van der Waals surface area contributed by atoms with Crippen molar-refractivity contribution in [2.24, 2.45) is 5.92 Å². The van der Waals surface area contributed by atoms with E-state index < -0.39 is 0 Å². The maximum Gasteiger partial charge on any atom is 0.124 e. The standard InChI is InChI=1S/C17H26N2O2/c1-12(17-15(20)5-2-6-16(17)21)19(10-13-7-8-13)11-14-4-3-9-18-14/h2,5-6,12-14,18,20-21H,3-4,7-11H2,1H3. The van der Waals surface area contributed by atoms with Crippen molar-refractivity contribution in [3.05, 3.63) is 23.8 Å². The Morgan fingerprint density at radius 3 is 2.48 bits per heavy atom. The fourth-order valence-corrected chi connectivity index (χ4v) is 3.37. The first kappa shape index (κ1) is 14.7. The van der Waals surface area contributed by atoms with Gasteiger partial charge in [-0.15, -0.1) is 0 Å². The average molecular weight is 290 g/mol. The zero-order valence-corrected chi connectivity index (χ0v) is 12.8. The van der Waals surface area contributed by atoms with Gasteiger partial charge in [-0.05, 0) is 57.2 Å². The van der Waals surface area contributed by atoms with Crippen LogP contribution in [0.2, 0.25) is 0 Å². The number of hydrogen-bond donors (Lipinski definition) is 3. The minimum absolute atomic E-state index is 0.0363. The van der Waals surface area contributed by atoms with Crippen LogP contribution in [0.4, 0.5) is 0 Å². The normalized spacial score (nSPS) is 23.6. The third kappa shape index (κ3) is 3.50. The van der Waals surface area contributed by atoms with Crippen LogP contribution >= 0.6 is 0 Å². The van der Waals surface area contributed by atoms with Crippen molar-refractivity contribution in [3.63, 3.8) is 0 Å². The summed E-state index contributed by atoms with van der Waals surface area (Å²) in [7, 11) is 0. The van der Waals surface area contributed by atoms with Crippen molar-refractivity contribution in [1.82, 2.24) is 10.2 Å². The van der Waals surface area contributed by atoms with Crippen LogP contribution in [0.5, 0.6) is 11.5 Å². The fourth-order valence-electron chi connectivity index (χ4n) is 3.37. The molecule has 1 aromatic carbocycles. The molecule has 3 rings (SSSR count). The Balaban J connectivity index is 1.76. The number of phenolic OH excluding ortho intramolecular Hbond substituents is 2. The molecule has 116 valence electrons. The molecule has 0 aromatic heterocycles. The summed E-state index contributed by atoms with van der Waals surface area (Å²) >= 11 is 0. The van der Waals surface area contributed by atoms with E-state index in [0.717, 1.165) is 25.6 Å². The third-order valence-corrected chi connectivity index (χ3v) is 4.83. The largest absolute Gasteiger partial charge is 0.507 e. The Hall–Kier alpha value is -1.26. The molecule has 0 bridgehead atoms. The van der Waals surface area contributed by atoms with Gasteiger partial charge in [0.15, 0.2) is 0 Å². The van der Waals surface area contributed by atoms with E-state index in [1.54, 1.807) is 18.2 Å². The average Bonchev–Trinajstić information content (AvgIpc) is 3.11. The van der Waals surface area contributed by atoms with Crippen LogP contribution in [0.3, 0.4) is 0 Å². The van der Waals surface area contributed by atoms with Gasteiger partial charge in [-0.2, -0.15) is 0 Å². The molecule has 2 unspecified atom stereocenters. The molecule has 2 atom stereocenters. The first-order chi connectivity index (χ1) is 10.1. The molecule has 2 fully saturated rings. The van der Waals surface area contributed by atoms with Crippen molar-refractivity contribution < 1.29 is 10.2 Å². The number of nitrogens with zero attached hydrogens (tertiary/aromatic N) is 1. The number of phenols is 2. The lowest BCUT2D eigenvalue weighted by atomic mass is 10.0. The van der Waals surface area contributed by atoms with Gasteiger partial charge < -0.3 is 15.5 Å². The summed E-state index contributed by atoms with van der Waals surface area (Å²) in [6, 6.07) is 5.59. The van der Waals surface area contributed by atoms with E-state index in [1.807, 2.05) is 0 Å². The Bertz CT molecular complexity index is 461. The number of nitrogens with one attached hydrogen (secondary N) is 1. The van der Waals surface area contributed by atoms with Crippen molar-refractivity contribution >= 4 is 0 Å². The van der Waals surface area contributed by atoms with E-state index in [9.17, 15) is 10.2 Å². The number of benzene rings is 1. The summed E-state index contributed by atoms with van der Waals surface area (Å²) in [5.41, 5.74) is 0.663. The van der Waals surface area contributed by atoms with E-state index in [4.69, 9.17) is 0 Å². The van der Waals surface area contributed by atoms with E-state index in [1.165, 1.54) is 25.7 Å². The smallest absolute Gasteiger partial charge is 0.124 e. The summed E-state index contributed by atoms with van der Waals surface area (Å²) in [5.74, 6) is 1.19. The molecule has 3 N–H and O–H groups in total. The zero-order chi connectivity index (χ0) is 14.8. The van der Waals surface area contributed by atoms with Crippen molar-refractivity contribution in [2.45, 2.75) is 44.7 Å². The summed E-state index contributed by atoms with van der Waals surface area (Å²) in [6.07, 6.45) is 5.10. The van der Waals surface area contributed by atoms with Gasteiger partial charge in [0, 0.05) is 25.2 Å². The summed E-state index contributed by atoms with van der Waals surface area (Å²) in [4.78, 5) is 2.43. The van der Waals surface area contributed by atoms with E-state index in [0.29, 0.717) is 11.6 Å². The van der Waals surface area contributed by atoms with Crippen molar-refractivity contribution in [2.75, 3.05) is 19.6 Å². The predicted octanol–water partition coefficient (Wildman–Crippen LogP) is 2.62. The Labute approximate surface area is 126 Å². The summed E-state index contributed by atoms with van der Waals surface area (Å²) < 4.78 is 0. The number of hydrogen-bond acceptors (Lipinski definition) is 4. The Kier molecular flexibility index (Phi) is 4.36. The molecule has 1 aliphatic carbocycles. The van der Waals surface area contributed by atoms with E-state index >= 15 is 0 Å². The topological polar surface area (TPSA) is 55.7 Å². The van der Waals surface area contributed by atoms with E-state index in [-0.39, 0.29) is 17.5 Å². The third-order valence-electron chi connectivity index (χ3n) is 4.83. The Morgan fingerprint density at radius 2 is 1.90 bits per heavy atom. The minimum atomic E-state index is 0.0363. The van der Waals surface area contributed by atoms with Gasteiger partial charge in [-0.25, -0.2) is 0 Å². The molecule has 1 heterocycles. The van der Waals surface area contributed by atoms with Crippen LogP contribution in [-0.4, -0.2) is 40.8 Å². The van der Waals surface area contributed by atoms with Gasteiger partial charge in [-0.1, -0.05) is 6.07 Å². The predicted molar refractivity (Wildman–Crippen MR) is 83.5 cm³/mol.